The number of hydrogen-bond donors (Lipinski definition) is 1. The van der Waals surface area contributed by atoms with E-state index < -0.39 is 15.7 Å². The van der Waals surface area contributed by atoms with Gasteiger partial charge in [-0.05, 0) is 74.9 Å². The molecule has 1 aliphatic rings. The molecule has 0 unspecified atom stereocenters. The Kier molecular flexibility index (Phi) is 7.80. The lowest BCUT2D eigenvalue weighted by Gasteiger charge is -2.17. The molecule has 0 radical (unpaired) electrons. The van der Waals surface area contributed by atoms with Gasteiger partial charge in [0.1, 0.15) is 29.5 Å². The maximum absolute atomic E-state index is 13.2. The van der Waals surface area contributed by atoms with Crippen molar-refractivity contribution >= 4 is 32.9 Å². The average Bonchev–Trinajstić information content (AvgIpc) is 3.41. The van der Waals surface area contributed by atoms with Gasteiger partial charge in [-0.1, -0.05) is 18.2 Å². The molecule has 0 saturated heterocycles. The highest BCUT2D eigenvalue weighted by Crippen LogP contribution is 2.41. The van der Waals surface area contributed by atoms with Crippen LogP contribution >= 0.6 is 0 Å². The monoisotopic (exact) mass is 550 g/mol. The van der Waals surface area contributed by atoms with Gasteiger partial charge >= 0.3 is 0 Å². The van der Waals surface area contributed by atoms with Crippen LogP contribution in [0.5, 0.6) is 11.5 Å². The standard InChI is InChI=1S/C28H26N2O4.CH4O3S/c1-18-6-5-7-24-29-21(16-30(18)24)17-33-23-14-8-19(9-15-23)25-26(34-28(2,3)27(25)31)20-10-12-22(32-4)13-11-20;1-5(2,3)4/h5-16H,17H2,1-4H3;1H3,(H,2,3,4). The van der Waals surface area contributed by atoms with E-state index in [2.05, 4.69) is 4.98 Å². The third-order valence-electron chi connectivity index (χ3n) is 5.99. The van der Waals surface area contributed by atoms with Crippen LogP contribution in [0.25, 0.3) is 17.0 Å². The molecule has 2 aromatic heterocycles. The third-order valence-corrected chi connectivity index (χ3v) is 5.99. The second-order valence-electron chi connectivity index (χ2n) is 9.55. The van der Waals surface area contributed by atoms with E-state index in [-0.39, 0.29) is 5.78 Å². The molecule has 0 atom stereocenters. The highest BCUT2D eigenvalue weighted by molar-refractivity contribution is 7.85. The second kappa shape index (κ2) is 10.9. The summed E-state index contributed by atoms with van der Waals surface area (Å²) in [4.78, 5) is 17.8. The first-order valence-electron chi connectivity index (χ1n) is 12.1. The van der Waals surface area contributed by atoms with E-state index in [4.69, 9.17) is 18.8 Å². The van der Waals surface area contributed by atoms with E-state index in [1.165, 1.54) is 0 Å². The van der Waals surface area contributed by atoms with Crippen LogP contribution < -0.4 is 9.47 Å². The largest absolute Gasteiger partial charge is 0.497 e. The number of ether oxygens (including phenoxy) is 3. The maximum Gasteiger partial charge on any atom is 0.261 e. The average molecular weight is 551 g/mol. The summed E-state index contributed by atoms with van der Waals surface area (Å²) in [6.45, 7) is 5.98. The SMILES string of the molecule is COc1ccc(C2=C(c3ccc(OCc4cn5c(C)cccc5n4)cc3)C(=O)C(C)(C)O2)cc1.CS(=O)(=O)O. The Balaban J connectivity index is 0.000000648. The Labute approximate surface area is 227 Å². The molecule has 2 aromatic carbocycles. The summed E-state index contributed by atoms with van der Waals surface area (Å²) in [6, 6.07) is 21.0. The molecule has 204 valence electrons. The molecule has 0 aliphatic carbocycles. The molecule has 9 nitrogen and oxygen atoms in total. The lowest BCUT2D eigenvalue weighted by Crippen LogP contribution is -2.29. The van der Waals surface area contributed by atoms with E-state index in [0.717, 1.165) is 33.9 Å². The van der Waals surface area contributed by atoms with Crippen LogP contribution in [-0.2, 0) is 26.3 Å². The fourth-order valence-corrected chi connectivity index (χ4v) is 4.11. The quantitative estimate of drug-likeness (QED) is 0.334. The van der Waals surface area contributed by atoms with Crippen molar-refractivity contribution in [3.8, 4) is 11.5 Å². The van der Waals surface area contributed by atoms with Crippen molar-refractivity contribution in [2.24, 2.45) is 0 Å². The topological polar surface area (TPSA) is 116 Å². The van der Waals surface area contributed by atoms with Gasteiger partial charge in [0.2, 0.25) is 5.78 Å². The molecule has 5 rings (SSSR count). The number of methoxy groups -OCH3 is 1. The molecule has 0 saturated carbocycles. The Morgan fingerprint density at radius 2 is 1.56 bits per heavy atom. The first-order chi connectivity index (χ1) is 18.4. The van der Waals surface area contributed by atoms with Crippen molar-refractivity contribution < 1.29 is 32.0 Å². The van der Waals surface area contributed by atoms with Gasteiger partial charge < -0.3 is 18.6 Å². The highest BCUT2D eigenvalue weighted by atomic mass is 32.2. The molecule has 0 spiro atoms. The van der Waals surface area contributed by atoms with Gasteiger partial charge in [0.15, 0.2) is 5.60 Å². The zero-order valence-corrected chi connectivity index (χ0v) is 23.2. The lowest BCUT2D eigenvalue weighted by atomic mass is 9.92. The Morgan fingerprint density at radius 1 is 0.974 bits per heavy atom. The minimum Gasteiger partial charge on any atom is -0.497 e. The highest BCUT2D eigenvalue weighted by Gasteiger charge is 2.42. The molecular formula is C29H30N2O7S. The van der Waals surface area contributed by atoms with Gasteiger partial charge in [0, 0.05) is 17.5 Å². The van der Waals surface area contributed by atoms with Gasteiger partial charge in [-0.25, -0.2) is 4.98 Å². The van der Waals surface area contributed by atoms with E-state index in [1.807, 2.05) is 84.3 Å². The van der Waals surface area contributed by atoms with Crippen LogP contribution in [0.15, 0.2) is 72.9 Å². The lowest BCUT2D eigenvalue weighted by molar-refractivity contribution is -0.125. The fourth-order valence-electron chi connectivity index (χ4n) is 4.11. The number of aromatic nitrogens is 2. The number of nitrogens with zero attached hydrogens (tertiary/aromatic N) is 2. The summed E-state index contributed by atoms with van der Waals surface area (Å²) >= 11 is 0. The summed E-state index contributed by atoms with van der Waals surface area (Å²) in [5, 5.41) is 0. The van der Waals surface area contributed by atoms with E-state index >= 15 is 0 Å². The number of aryl methyl sites for hydroxylation is 1. The summed E-state index contributed by atoms with van der Waals surface area (Å²) in [5.41, 5.74) is 4.12. The molecular weight excluding hydrogens is 520 g/mol. The number of rotatable bonds is 6. The summed E-state index contributed by atoms with van der Waals surface area (Å²) in [5.74, 6) is 1.98. The van der Waals surface area contributed by atoms with E-state index in [9.17, 15) is 13.2 Å². The Morgan fingerprint density at radius 3 is 2.15 bits per heavy atom. The normalized spacial score (nSPS) is 14.6. The molecule has 39 heavy (non-hydrogen) atoms. The van der Waals surface area contributed by atoms with Gasteiger partial charge in [-0.15, -0.1) is 0 Å². The predicted octanol–water partition coefficient (Wildman–Crippen LogP) is 4.98. The Hall–Kier alpha value is -4.15. The zero-order valence-electron chi connectivity index (χ0n) is 22.3. The first-order valence-corrected chi connectivity index (χ1v) is 13.9. The molecule has 0 amide bonds. The van der Waals surface area contributed by atoms with Crippen LogP contribution in [0.2, 0.25) is 0 Å². The summed E-state index contributed by atoms with van der Waals surface area (Å²) in [7, 11) is -2.04. The zero-order chi connectivity index (χ0) is 28.4. The molecule has 1 N–H and O–H groups in total. The van der Waals surface area contributed by atoms with Crippen molar-refractivity contribution in [1.29, 1.82) is 0 Å². The summed E-state index contributed by atoms with van der Waals surface area (Å²) in [6.07, 6.45) is 2.70. The van der Waals surface area contributed by atoms with Crippen LogP contribution in [0.3, 0.4) is 0 Å². The molecule has 0 bridgehead atoms. The third kappa shape index (κ3) is 6.65. The van der Waals surface area contributed by atoms with Gasteiger partial charge in [-0.3, -0.25) is 9.35 Å². The number of benzene rings is 2. The van der Waals surface area contributed by atoms with Crippen molar-refractivity contribution in [2.45, 2.75) is 33.0 Å². The van der Waals surface area contributed by atoms with Gasteiger partial charge in [-0.2, -0.15) is 8.42 Å². The van der Waals surface area contributed by atoms with E-state index in [0.29, 0.717) is 29.9 Å². The molecule has 0 fully saturated rings. The summed E-state index contributed by atoms with van der Waals surface area (Å²) < 4.78 is 45.2. The first kappa shape index (κ1) is 27.9. The van der Waals surface area contributed by atoms with Gasteiger partial charge in [0.05, 0.1) is 24.6 Å². The van der Waals surface area contributed by atoms with Crippen molar-refractivity contribution in [1.82, 2.24) is 9.38 Å². The van der Waals surface area contributed by atoms with Crippen molar-refractivity contribution in [3.63, 3.8) is 0 Å². The van der Waals surface area contributed by atoms with Crippen LogP contribution in [0.4, 0.5) is 0 Å². The fraction of sp³-hybridized carbons (Fsp3) is 0.241. The second-order valence-corrected chi connectivity index (χ2v) is 11.0. The minimum absolute atomic E-state index is 0.0490. The number of carbonyl (C=O) groups is 1. The number of fused-ring (bicyclic) bond motifs is 1. The van der Waals surface area contributed by atoms with Crippen molar-refractivity contribution in [2.75, 3.05) is 13.4 Å². The van der Waals surface area contributed by atoms with Crippen LogP contribution in [-0.4, -0.2) is 47.1 Å². The van der Waals surface area contributed by atoms with E-state index in [1.54, 1.807) is 21.0 Å². The van der Waals surface area contributed by atoms with Crippen LogP contribution in [0, 0.1) is 6.92 Å². The molecule has 4 aromatic rings. The number of ketones is 1. The smallest absolute Gasteiger partial charge is 0.261 e. The number of pyridine rings is 1. The number of Topliss-reactive ketones (excluding diaryl/α,β-unsaturated/α-hetero) is 1. The van der Waals surface area contributed by atoms with Crippen molar-refractivity contribution in [3.05, 3.63) is 95.4 Å². The van der Waals surface area contributed by atoms with Crippen LogP contribution in [0.1, 0.15) is 36.4 Å². The number of carbonyl (C=O) groups excluding carboxylic acids is 1. The maximum atomic E-state index is 13.2. The minimum atomic E-state index is -3.67. The van der Waals surface area contributed by atoms with Gasteiger partial charge in [0.25, 0.3) is 10.1 Å². The number of imidazole rings is 1. The molecule has 10 heteroatoms. The predicted molar refractivity (Wildman–Crippen MR) is 148 cm³/mol. The Bertz CT molecular complexity index is 1630. The number of hydrogen-bond acceptors (Lipinski definition) is 7. The molecule has 3 heterocycles. The molecule has 1 aliphatic heterocycles.